The van der Waals surface area contributed by atoms with E-state index >= 15 is 0 Å². The lowest BCUT2D eigenvalue weighted by molar-refractivity contribution is -0.151. The van der Waals surface area contributed by atoms with Gasteiger partial charge < -0.3 is 10.0 Å². The minimum atomic E-state index is -0.841. The smallest absolute Gasteiger partial charge is 0.307 e. The quantitative estimate of drug-likeness (QED) is 0.788. The van der Waals surface area contributed by atoms with Crippen molar-refractivity contribution in [1.29, 1.82) is 0 Å². The molecule has 1 unspecified atom stereocenters. The fraction of sp³-hybridized carbons (Fsp3) is 0.750. The average molecular weight is 281 g/mol. The molecule has 0 aromatic heterocycles. The summed E-state index contributed by atoms with van der Waals surface area (Å²) in [5.41, 5.74) is -0.321. The molecule has 0 aromatic carbocycles. The van der Waals surface area contributed by atoms with Crippen LogP contribution in [0.15, 0.2) is 12.7 Å². The highest BCUT2D eigenvalue weighted by Crippen LogP contribution is 2.40. The van der Waals surface area contributed by atoms with Gasteiger partial charge in [0.25, 0.3) is 0 Å². The van der Waals surface area contributed by atoms with Crippen LogP contribution in [0.4, 0.5) is 0 Å². The fourth-order valence-corrected chi connectivity index (χ4v) is 3.05. The predicted molar refractivity (Wildman–Crippen MR) is 79.3 cm³/mol. The van der Waals surface area contributed by atoms with Gasteiger partial charge in [-0.15, -0.1) is 6.58 Å². The molecule has 1 fully saturated rings. The molecule has 0 radical (unpaired) electrons. The molecule has 1 aliphatic carbocycles. The van der Waals surface area contributed by atoms with E-state index in [1.807, 2.05) is 20.8 Å². The Balaban J connectivity index is 2.97. The Morgan fingerprint density at radius 3 is 2.25 bits per heavy atom. The van der Waals surface area contributed by atoms with Crippen molar-refractivity contribution in [1.82, 2.24) is 4.90 Å². The molecule has 0 saturated heterocycles. The number of hydrogen-bond donors (Lipinski definition) is 1. The number of carboxylic acids is 1. The first kappa shape index (κ1) is 16.7. The fourth-order valence-electron chi connectivity index (χ4n) is 3.05. The van der Waals surface area contributed by atoms with Crippen molar-refractivity contribution < 1.29 is 14.7 Å². The van der Waals surface area contributed by atoms with Crippen molar-refractivity contribution in [3.05, 3.63) is 12.7 Å². The number of amides is 1. The third-order valence-corrected chi connectivity index (χ3v) is 4.26. The molecule has 0 aromatic rings. The number of carbonyl (C=O) groups excluding carboxylic acids is 1. The Morgan fingerprint density at radius 2 is 1.85 bits per heavy atom. The van der Waals surface area contributed by atoms with Crippen LogP contribution >= 0.6 is 0 Å². The van der Waals surface area contributed by atoms with E-state index in [0.717, 1.165) is 6.42 Å². The van der Waals surface area contributed by atoms with Crippen LogP contribution in [0.25, 0.3) is 0 Å². The van der Waals surface area contributed by atoms with Gasteiger partial charge in [0, 0.05) is 12.1 Å². The summed E-state index contributed by atoms with van der Waals surface area (Å²) in [4.78, 5) is 25.9. The second-order valence-electron chi connectivity index (χ2n) is 6.71. The van der Waals surface area contributed by atoms with Gasteiger partial charge in [0.15, 0.2) is 0 Å². The zero-order valence-electron chi connectivity index (χ0n) is 13.1. The van der Waals surface area contributed by atoms with Crippen molar-refractivity contribution in [3.63, 3.8) is 0 Å². The van der Waals surface area contributed by atoms with Crippen LogP contribution in [-0.2, 0) is 9.59 Å². The summed E-state index contributed by atoms with van der Waals surface area (Å²) >= 11 is 0. The summed E-state index contributed by atoms with van der Waals surface area (Å²) in [5.74, 6) is -1.47. The molecule has 20 heavy (non-hydrogen) atoms. The van der Waals surface area contributed by atoms with Crippen molar-refractivity contribution in [2.24, 2.45) is 17.8 Å². The lowest BCUT2D eigenvalue weighted by Crippen LogP contribution is -2.49. The van der Waals surface area contributed by atoms with E-state index < -0.39 is 17.8 Å². The molecule has 1 amide bonds. The van der Waals surface area contributed by atoms with Gasteiger partial charge in [-0.2, -0.15) is 0 Å². The molecule has 1 N–H and O–H groups in total. The van der Waals surface area contributed by atoms with Gasteiger partial charge in [0.05, 0.1) is 11.8 Å². The maximum Gasteiger partial charge on any atom is 0.307 e. The van der Waals surface area contributed by atoms with Gasteiger partial charge in [0.2, 0.25) is 5.91 Å². The monoisotopic (exact) mass is 281 g/mol. The Hall–Kier alpha value is -1.32. The number of rotatable bonds is 5. The second-order valence-corrected chi connectivity index (χ2v) is 6.71. The lowest BCUT2D eigenvalue weighted by Gasteiger charge is -2.37. The highest BCUT2D eigenvalue weighted by Gasteiger charge is 2.44. The van der Waals surface area contributed by atoms with Crippen molar-refractivity contribution in [3.8, 4) is 0 Å². The molecule has 1 rings (SSSR count). The highest BCUT2D eigenvalue weighted by molar-refractivity contribution is 5.86. The Labute approximate surface area is 121 Å². The summed E-state index contributed by atoms with van der Waals surface area (Å²) in [7, 11) is 0. The molecule has 114 valence electrons. The molecule has 3 atom stereocenters. The van der Waals surface area contributed by atoms with Crippen LogP contribution in [0.3, 0.4) is 0 Å². The molecule has 4 heteroatoms. The summed E-state index contributed by atoms with van der Waals surface area (Å²) in [5, 5.41) is 9.37. The molecule has 0 aliphatic heterocycles. The molecule has 0 bridgehead atoms. The minimum Gasteiger partial charge on any atom is -0.481 e. The third-order valence-electron chi connectivity index (χ3n) is 4.26. The van der Waals surface area contributed by atoms with Crippen LogP contribution < -0.4 is 0 Å². The van der Waals surface area contributed by atoms with Gasteiger partial charge in [0.1, 0.15) is 0 Å². The normalized spacial score (nSPS) is 26.3. The van der Waals surface area contributed by atoms with Crippen LogP contribution in [0, 0.1) is 17.8 Å². The maximum absolute atomic E-state index is 12.8. The molecule has 1 saturated carbocycles. The van der Waals surface area contributed by atoms with Crippen LogP contribution in [0.5, 0.6) is 0 Å². The highest BCUT2D eigenvalue weighted by atomic mass is 16.4. The number of hydrogen-bond acceptors (Lipinski definition) is 2. The van der Waals surface area contributed by atoms with E-state index in [2.05, 4.69) is 13.5 Å². The SMILES string of the molecule is C=CCN(C(=O)[C@H]1CC(CC)C[C@H]1C(=O)O)C(C)(C)C. The van der Waals surface area contributed by atoms with E-state index in [1.165, 1.54) is 0 Å². The van der Waals surface area contributed by atoms with Gasteiger partial charge in [-0.1, -0.05) is 19.4 Å². The van der Waals surface area contributed by atoms with Gasteiger partial charge >= 0.3 is 5.97 Å². The van der Waals surface area contributed by atoms with E-state index in [9.17, 15) is 14.7 Å². The van der Waals surface area contributed by atoms with Crippen LogP contribution in [-0.4, -0.2) is 34.0 Å². The summed E-state index contributed by atoms with van der Waals surface area (Å²) < 4.78 is 0. The average Bonchev–Trinajstić information content (AvgIpc) is 2.78. The van der Waals surface area contributed by atoms with E-state index in [0.29, 0.717) is 25.3 Å². The molecule has 1 aliphatic rings. The Bertz CT molecular complexity index is 384. The first-order chi connectivity index (χ1) is 9.22. The summed E-state index contributed by atoms with van der Waals surface area (Å²) in [6.07, 6.45) is 3.94. The Kier molecular flexibility index (Phi) is 5.37. The zero-order valence-corrected chi connectivity index (χ0v) is 13.1. The lowest BCUT2D eigenvalue weighted by atomic mass is 9.92. The zero-order chi connectivity index (χ0) is 15.5. The molecular formula is C16H27NO3. The van der Waals surface area contributed by atoms with Gasteiger partial charge in [-0.3, -0.25) is 9.59 Å². The topological polar surface area (TPSA) is 57.6 Å². The maximum atomic E-state index is 12.8. The van der Waals surface area contributed by atoms with Crippen molar-refractivity contribution in [2.75, 3.05) is 6.54 Å². The molecule has 0 heterocycles. The van der Waals surface area contributed by atoms with Crippen molar-refractivity contribution >= 4 is 11.9 Å². The number of carboxylic acid groups (broad SMARTS) is 1. The molecule has 4 nitrogen and oxygen atoms in total. The van der Waals surface area contributed by atoms with Crippen LogP contribution in [0.1, 0.15) is 47.0 Å². The summed E-state index contributed by atoms with van der Waals surface area (Å²) in [6, 6.07) is 0. The number of nitrogens with zero attached hydrogens (tertiary/aromatic N) is 1. The van der Waals surface area contributed by atoms with Crippen LogP contribution in [0.2, 0.25) is 0 Å². The Morgan fingerprint density at radius 1 is 1.30 bits per heavy atom. The molecular weight excluding hydrogens is 254 g/mol. The minimum absolute atomic E-state index is 0.0410. The largest absolute Gasteiger partial charge is 0.481 e. The van der Waals surface area contributed by atoms with Crippen molar-refractivity contribution in [2.45, 2.75) is 52.5 Å². The van der Waals surface area contributed by atoms with E-state index in [1.54, 1.807) is 11.0 Å². The van der Waals surface area contributed by atoms with Gasteiger partial charge in [-0.05, 0) is 39.5 Å². The second kappa shape index (κ2) is 6.42. The predicted octanol–water partition coefficient (Wildman–Crippen LogP) is 2.94. The van der Waals surface area contributed by atoms with E-state index in [4.69, 9.17) is 0 Å². The first-order valence-electron chi connectivity index (χ1n) is 7.37. The molecule has 0 spiro atoms. The van der Waals surface area contributed by atoms with Gasteiger partial charge in [-0.25, -0.2) is 0 Å². The first-order valence-corrected chi connectivity index (χ1v) is 7.37. The number of aliphatic carboxylic acids is 1. The van der Waals surface area contributed by atoms with E-state index in [-0.39, 0.29) is 11.4 Å². The third kappa shape index (κ3) is 3.62. The standard InChI is InChI=1S/C16H27NO3/c1-6-8-17(16(3,4)5)14(18)12-9-11(7-2)10-13(12)15(19)20/h6,11-13H,1,7-10H2,2-5H3,(H,19,20)/t11?,12-,13+/m0/s1. The summed E-state index contributed by atoms with van der Waals surface area (Å²) in [6.45, 7) is 12.1. The number of carbonyl (C=O) groups is 2.